The summed E-state index contributed by atoms with van der Waals surface area (Å²) in [6.45, 7) is 5.25. The van der Waals surface area contributed by atoms with E-state index in [0.717, 1.165) is 17.1 Å². The predicted octanol–water partition coefficient (Wildman–Crippen LogP) is 3.66. The van der Waals surface area contributed by atoms with E-state index in [9.17, 15) is 0 Å². The van der Waals surface area contributed by atoms with Gasteiger partial charge in [-0.3, -0.25) is 0 Å². The normalized spacial score (nSPS) is 27.1. The van der Waals surface area contributed by atoms with Crippen molar-refractivity contribution in [2.24, 2.45) is 11.1 Å². The fourth-order valence-corrected chi connectivity index (χ4v) is 3.10. The molecule has 1 aliphatic carbocycles. The molecule has 1 aliphatic rings. The Bertz CT molecular complexity index is 403. The van der Waals surface area contributed by atoms with Gasteiger partial charge in [-0.05, 0) is 36.5 Å². The topological polar surface area (TPSA) is 38.0 Å². The highest BCUT2D eigenvalue weighted by Gasteiger charge is 2.47. The van der Waals surface area contributed by atoms with Crippen LogP contribution in [0.2, 0.25) is 5.02 Å². The summed E-state index contributed by atoms with van der Waals surface area (Å²) in [5, 5.41) is 4.39. The highest BCUT2D eigenvalue weighted by molar-refractivity contribution is 6.30. The zero-order valence-corrected chi connectivity index (χ0v) is 11.3. The Morgan fingerprint density at radius 3 is 2.65 bits per heavy atom. The lowest BCUT2D eigenvalue weighted by molar-refractivity contribution is 0.239. The first-order valence-electron chi connectivity index (χ1n) is 6.23. The van der Waals surface area contributed by atoms with Crippen molar-refractivity contribution < 1.29 is 0 Å². The van der Waals surface area contributed by atoms with Crippen LogP contribution in [0.4, 0.5) is 5.69 Å². The molecule has 3 N–H and O–H groups in total. The lowest BCUT2D eigenvalue weighted by atomic mass is 9.74. The Morgan fingerprint density at radius 1 is 1.35 bits per heavy atom. The molecule has 0 heterocycles. The fourth-order valence-electron chi connectivity index (χ4n) is 2.91. The van der Waals surface area contributed by atoms with Crippen LogP contribution in [-0.2, 0) is 0 Å². The highest BCUT2D eigenvalue weighted by atomic mass is 35.5. The molecule has 1 aromatic rings. The molecule has 1 aromatic carbocycles. The summed E-state index contributed by atoms with van der Waals surface area (Å²) >= 11 is 6.02. The Balaban J connectivity index is 2.26. The minimum Gasteiger partial charge on any atom is -0.378 e. The molecule has 94 valence electrons. The second-order valence-electron chi connectivity index (χ2n) is 5.66. The third kappa shape index (κ3) is 2.29. The van der Waals surface area contributed by atoms with Crippen molar-refractivity contribution >= 4 is 17.3 Å². The van der Waals surface area contributed by atoms with Crippen molar-refractivity contribution in [1.29, 1.82) is 0 Å². The van der Waals surface area contributed by atoms with Gasteiger partial charge in [0.2, 0.25) is 0 Å². The van der Waals surface area contributed by atoms with Crippen LogP contribution in [-0.4, -0.2) is 12.1 Å². The van der Waals surface area contributed by atoms with E-state index in [-0.39, 0.29) is 11.0 Å². The molecule has 0 radical (unpaired) electrons. The SMILES string of the molecule is CC1(C)CCCC1(CN)Nc1cccc(Cl)c1. The zero-order chi connectivity index (χ0) is 12.5. The van der Waals surface area contributed by atoms with E-state index >= 15 is 0 Å². The summed E-state index contributed by atoms with van der Waals surface area (Å²) in [7, 11) is 0. The summed E-state index contributed by atoms with van der Waals surface area (Å²) in [5.41, 5.74) is 7.33. The summed E-state index contributed by atoms with van der Waals surface area (Å²) < 4.78 is 0. The molecular weight excluding hydrogens is 232 g/mol. The van der Waals surface area contributed by atoms with E-state index in [1.165, 1.54) is 12.8 Å². The smallest absolute Gasteiger partial charge is 0.0546 e. The Kier molecular flexibility index (Phi) is 3.37. The molecule has 0 aromatic heterocycles. The quantitative estimate of drug-likeness (QED) is 0.862. The number of anilines is 1. The first-order chi connectivity index (χ1) is 7.99. The van der Waals surface area contributed by atoms with Gasteiger partial charge in [0, 0.05) is 17.3 Å². The Hall–Kier alpha value is -0.730. The number of nitrogens with one attached hydrogen (secondary N) is 1. The third-order valence-corrected chi connectivity index (χ3v) is 4.49. The van der Waals surface area contributed by atoms with Gasteiger partial charge in [-0.15, -0.1) is 0 Å². The van der Waals surface area contributed by atoms with Crippen LogP contribution in [0.5, 0.6) is 0 Å². The summed E-state index contributed by atoms with van der Waals surface area (Å²) in [6, 6.07) is 7.88. The van der Waals surface area contributed by atoms with Crippen LogP contribution in [0.15, 0.2) is 24.3 Å². The average Bonchev–Trinajstić information content (AvgIpc) is 2.55. The average molecular weight is 253 g/mol. The number of benzene rings is 1. The molecule has 17 heavy (non-hydrogen) atoms. The largest absolute Gasteiger partial charge is 0.378 e. The molecule has 1 fully saturated rings. The number of halogens is 1. The molecule has 1 saturated carbocycles. The molecule has 2 nitrogen and oxygen atoms in total. The molecule has 0 aliphatic heterocycles. The standard InChI is InChI=1S/C14H21ClN2/c1-13(2)7-4-8-14(13,10-16)17-12-6-3-5-11(15)9-12/h3,5-6,9,17H,4,7-8,10,16H2,1-2H3. The van der Waals surface area contributed by atoms with Crippen molar-refractivity contribution in [3.63, 3.8) is 0 Å². The van der Waals surface area contributed by atoms with Crippen LogP contribution < -0.4 is 11.1 Å². The molecule has 1 atom stereocenters. The number of hydrogen-bond donors (Lipinski definition) is 2. The minimum absolute atomic E-state index is 0.00230. The molecule has 1 unspecified atom stereocenters. The van der Waals surface area contributed by atoms with Gasteiger partial charge in [-0.2, -0.15) is 0 Å². The van der Waals surface area contributed by atoms with E-state index in [1.807, 2.05) is 18.2 Å². The van der Waals surface area contributed by atoms with Crippen molar-refractivity contribution in [1.82, 2.24) is 0 Å². The number of rotatable bonds is 3. The van der Waals surface area contributed by atoms with E-state index in [0.29, 0.717) is 6.54 Å². The maximum Gasteiger partial charge on any atom is 0.0546 e. The second kappa shape index (κ2) is 4.51. The molecule has 3 heteroatoms. The van der Waals surface area contributed by atoms with Crippen LogP contribution in [0.1, 0.15) is 33.1 Å². The van der Waals surface area contributed by atoms with Crippen LogP contribution in [0.3, 0.4) is 0 Å². The van der Waals surface area contributed by atoms with Gasteiger partial charge in [-0.25, -0.2) is 0 Å². The van der Waals surface area contributed by atoms with E-state index in [4.69, 9.17) is 17.3 Å². The van der Waals surface area contributed by atoms with Crippen molar-refractivity contribution in [3.05, 3.63) is 29.3 Å². The van der Waals surface area contributed by atoms with Crippen molar-refractivity contribution in [2.45, 2.75) is 38.6 Å². The predicted molar refractivity (Wildman–Crippen MR) is 74.5 cm³/mol. The van der Waals surface area contributed by atoms with Gasteiger partial charge in [0.25, 0.3) is 0 Å². The fraction of sp³-hybridized carbons (Fsp3) is 0.571. The number of nitrogens with two attached hydrogens (primary N) is 1. The lowest BCUT2D eigenvalue weighted by Crippen LogP contribution is -2.53. The van der Waals surface area contributed by atoms with Gasteiger partial charge in [0.15, 0.2) is 0 Å². The summed E-state index contributed by atoms with van der Waals surface area (Å²) in [4.78, 5) is 0. The highest BCUT2D eigenvalue weighted by Crippen LogP contribution is 2.47. The maximum absolute atomic E-state index is 6.03. The van der Waals surface area contributed by atoms with Crippen LogP contribution >= 0.6 is 11.6 Å². The molecule has 0 spiro atoms. The van der Waals surface area contributed by atoms with E-state index in [2.05, 4.69) is 25.2 Å². The third-order valence-electron chi connectivity index (χ3n) is 4.26. The van der Waals surface area contributed by atoms with Gasteiger partial charge < -0.3 is 11.1 Å². The molecule has 0 saturated heterocycles. The van der Waals surface area contributed by atoms with Crippen molar-refractivity contribution in [3.8, 4) is 0 Å². The zero-order valence-electron chi connectivity index (χ0n) is 10.6. The number of hydrogen-bond acceptors (Lipinski definition) is 2. The molecule has 2 rings (SSSR count). The van der Waals surface area contributed by atoms with Gasteiger partial charge in [0.05, 0.1) is 5.54 Å². The van der Waals surface area contributed by atoms with Crippen molar-refractivity contribution in [2.75, 3.05) is 11.9 Å². The first-order valence-corrected chi connectivity index (χ1v) is 6.61. The summed E-state index contributed by atoms with van der Waals surface area (Å²) in [6.07, 6.45) is 3.58. The summed E-state index contributed by atoms with van der Waals surface area (Å²) in [5.74, 6) is 0. The lowest BCUT2D eigenvalue weighted by Gasteiger charge is -2.42. The Labute approximate surface area is 109 Å². The van der Waals surface area contributed by atoms with Crippen LogP contribution in [0.25, 0.3) is 0 Å². The molecule has 0 amide bonds. The van der Waals surface area contributed by atoms with Gasteiger partial charge in [-0.1, -0.05) is 37.9 Å². The Morgan fingerprint density at radius 2 is 2.12 bits per heavy atom. The van der Waals surface area contributed by atoms with Gasteiger partial charge in [0.1, 0.15) is 0 Å². The maximum atomic E-state index is 6.03. The first kappa shape index (κ1) is 12.7. The molecule has 0 bridgehead atoms. The van der Waals surface area contributed by atoms with E-state index < -0.39 is 0 Å². The van der Waals surface area contributed by atoms with Crippen LogP contribution in [0, 0.1) is 5.41 Å². The van der Waals surface area contributed by atoms with Gasteiger partial charge >= 0.3 is 0 Å². The monoisotopic (exact) mass is 252 g/mol. The van der Waals surface area contributed by atoms with E-state index in [1.54, 1.807) is 0 Å². The minimum atomic E-state index is -0.00230. The molecular formula is C14H21ClN2. The second-order valence-corrected chi connectivity index (χ2v) is 6.10.